The Morgan fingerprint density at radius 1 is 0.766 bits per heavy atom. The van der Waals surface area contributed by atoms with Crippen molar-refractivity contribution in [2.45, 2.75) is 119 Å². The van der Waals surface area contributed by atoms with Gasteiger partial charge in [-0.3, -0.25) is 9.59 Å². The Balaban J connectivity index is 1.64. The molecule has 2 aromatic rings. The van der Waals surface area contributed by atoms with E-state index in [2.05, 4.69) is 31.9 Å². The average molecular weight is 925 g/mol. The molecule has 2 fully saturated rings. The van der Waals surface area contributed by atoms with Gasteiger partial charge in [0.2, 0.25) is 11.8 Å². The number of nitrogens with one attached hydrogen (secondary N) is 6. The molecular formula is C39H50F6N6O13. The topological polar surface area (TPSA) is 286 Å². The summed E-state index contributed by atoms with van der Waals surface area (Å²) in [5.74, 6) is -2.93. The highest BCUT2D eigenvalue weighted by molar-refractivity contribution is 5.90. The number of amides is 6. The van der Waals surface area contributed by atoms with Gasteiger partial charge in [0.1, 0.15) is 42.6 Å². The van der Waals surface area contributed by atoms with Crippen molar-refractivity contribution in [3.63, 3.8) is 0 Å². The van der Waals surface area contributed by atoms with E-state index in [-0.39, 0.29) is 17.8 Å². The lowest BCUT2D eigenvalue weighted by molar-refractivity contribution is -0.293. The van der Waals surface area contributed by atoms with E-state index in [0.717, 1.165) is 42.8 Å². The van der Waals surface area contributed by atoms with E-state index in [4.69, 9.17) is 14.2 Å². The lowest BCUT2D eigenvalue weighted by Crippen LogP contribution is -2.70. The number of urea groups is 2. The van der Waals surface area contributed by atoms with Crippen LogP contribution >= 0.6 is 0 Å². The number of aliphatic hydroxyl groups excluding tert-OH is 4. The molecule has 356 valence electrons. The molecule has 0 radical (unpaired) electrons. The molecule has 0 aromatic heterocycles. The van der Waals surface area contributed by atoms with Crippen LogP contribution in [0.25, 0.3) is 0 Å². The summed E-state index contributed by atoms with van der Waals surface area (Å²) in [7, 11) is 0. The van der Waals surface area contributed by atoms with Crippen molar-refractivity contribution in [3.8, 4) is 0 Å². The highest BCUT2D eigenvalue weighted by atomic mass is 19.4. The second kappa shape index (κ2) is 23.0. The second-order valence-electron chi connectivity index (χ2n) is 14.9. The van der Waals surface area contributed by atoms with Crippen LogP contribution in [0.1, 0.15) is 56.6 Å². The van der Waals surface area contributed by atoms with Crippen LogP contribution in [0.5, 0.6) is 0 Å². The first-order valence-corrected chi connectivity index (χ1v) is 20.0. The Bertz CT molecular complexity index is 1910. The van der Waals surface area contributed by atoms with E-state index in [1.54, 1.807) is 0 Å². The number of carboxylic acids is 1. The summed E-state index contributed by atoms with van der Waals surface area (Å²) in [5, 5.41) is 65.9. The predicted molar refractivity (Wildman–Crippen MR) is 209 cm³/mol. The molecule has 11 N–H and O–H groups in total. The van der Waals surface area contributed by atoms with E-state index in [1.165, 1.54) is 0 Å². The molecule has 19 nitrogen and oxygen atoms in total. The third-order valence-electron chi connectivity index (χ3n) is 10.1. The summed E-state index contributed by atoms with van der Waals surface area (Å²) in [5.41, 5.74) is -2.91. The largest absolute Gasteiger partial charge is 0.480 e. The van der Waals surface area contributed by atoms with Gasteiger partial charge >= 0.3 is 30.4 Å². The monoisotopic (exact) mass is 924 g/mol. The van der Waals surface area contributed by atoms with Gasteiger partial charge in [-0.1, -0.05) is 31.9 Å². The second-order valence-corrected chi connectivity index (χ2v) is 14.9. The molecule has 25 heteroatoms. The minimum Gasteiger partial charge on any atom is -0.480 e. The van der Waals surface area contributed by atoms with Crippen molar-refractivity contribution in [1.82, 2.24) is 21.3 Å². The summed E-state index contributed by atoms with van der Waals surface area (Å²) in [6.07, 6.45) is -19.2. The Labute approximate surface area is 361 Å². The number of unbranched alkanes of at least 4 members (excludes halogenated alkanes) is 2. The molecule has 2 aliphatic heterocycles. The summed E-state index contributed by atoms with van der Waals surface area (Å²) in [4.78, 5) is 64.4. The molecule has 2 aromatic carbocycles. The van der Waals surface area contributed by atoms with Gasteiger partial charge in [0.05, 0.1) is 43.0 Å². The number of carbonyl (C=O) groups is 5. The van der Waals surface area contributed by atoms with Gasteiger partial charge in [-0.15, -0.1) is 0 Å². The molecule has 64 heavy (non-hydrogen) atoms. The van der Waals surface area contributed by atoms with Crippen LogP contribution in [0.2, 0.25) is 0 Å². The molecule has 2 aliphatic rings. The van der Waals surface area contributed by atoms with Gasteiger partial charge in [-0.25, -0.2) is 14.4 Å². The summed E-state index contributed by atoms with van der Waals surface area (Å²) < 4.78 is 97.9. The number of rotatable bonds is 18. The van der Waals surface area contributed by atoms with Gasteiger partial charge in [0.25, 0.3) is 0 Å². The Kier molecular flexibility index (Phi) is 18.5. The van der Waals surface area contributed by atoms with Gasteiger partial charge < -0.3 is 71.6 Å². The zero-order chi connectivity index (χ0) is 47.4. The number of halogens is 6. The molecule has 2 saturated heterocycles. The zero-order valence-corrected chi connectivity index (χ0v) is 34.0. The Morgan fingerprint density at radius 3 is 1.88 bits per heavy atom. The van der Waals surface area contributed by atoms with Crippen molar-refractivity contribution in [3.05, 3.63) is 59.7 Å². The standard InChI is InChI=1S/C39H50F6N6O13/c1-2-3-4-11-27(54)48-23(34(58)59)12-13-28(55)50-29-25(16-52)62-18-24(49-36(60)46-21-9-5-7-19(14-21)38(40,41)42)33(29)64-35-30(32(57)31(56)26(17-53)63-35)51-37(61)47-22-10-6-8-20(15-22)39(43,44)45/h5-10,14-15,23-26,29-33,35,52-53,56-57H,2-4,11-13,16-18H2,1H3,(H,48,54)(H,50,55)(H,58,59)(H2,46,49,60)(H2,47,51,61)/t23-,24?,25?,26?,29+,30?,31+,32-,33-,35+/m1/s1. The van der Waals surface area contributed by atoms with Crippen molar-refractivity contribution < 1.29 is 90.1 Å². The highest BCUT2D eigenvalue weighted by Crippen LogP contribution is 2.33. The van der Waals surface area contributed by atoms with Gasteiger partial charge in [0, 0.05) is 24.2 Å². The van der Waals surface area contributed by atoms with E-state index in [0.29, 0.717) is 25.0 Å². The molecule has 0 saturated carbocycles. The highest BCUT2D eigenvalue weighted by Gasteiger charge is 2.50. The molecule has 2 heterocycles. The van der Waals surface area contributed by atoms with E-state index < -0.39 is 147 Å². The summed E-state index contributed by atoms with van der Waals surface area (Å²) >= 11 is 0. The van der Waals surface area contributed by atoms with E-state index in [9.17, 15) is 75.8 Å². The maximum absolute atomic E-state index is 13.5. The number of carbonyl (C=O) groups excluding carboxylic acids is 4. The molecule has 6 amide bonds. The van der Waals surface area contributed by atoms with Crippen LogP contribution in [-0.2, 0) is 40.9 Å². The van der Waals surface area contributed by atoms with Crippen LogP contribution in [0.4, 0.5) is 47.3 Å². The molecule has 4 rings (SSSR count). The smallest absolute Gasteiger partial charge is 0.416 e. The Morgan fingerprint density at radius 2 is 1.34 bits per heavy atom. The van der Waals surface area contributed by atoms with E-state index >= 15 is 0 Å². The third-order valence-corrected chi connectivity index (χ3v) is 10.1. The number of alkyl halides is 6. The minimum absolute atomic E-state index is 0.0328. The van der Waals surface area contributed by atoms with Crippen LogP contribution in [0, 0.1) is 0 Å². The van der Waals surface area contributed by atoms with Crippen LogP contribution in [0.15, 0.2) is 48.5 Å². The lowest BCUT2D eigenvalue weighted by Gasteiger charge is -2.47. The molecule has 4 unspecified atom stereocenters. The fourth-order valence-electron chi connectivity index (χ4n) is 6.83. The van der Waals surface area contributed by atoms with Crippen molar-refractivity contribution >= 4 is 41.2 Å². The number of aliphatic hydroxyl groups is 4. The molecule has 0 spiro atoms. The van der Waals surface area contributed by atoms with Crippen molar-refractivity contribution in [1.29, 1.82) is 0 Å². The first-order valence-electron chi connectivity index (χ1n) is 20.0. The van der Waals surface area contributed by atoms with Gasteiger partial charge in [-0.2, -0.15) is 26.3 Å². The van der Waals surface area contributed by atoms with Crippen LogP contribution in [0.3, 0.4) is 0 Å². The number of carboxylic acid groups (broad SMARTS) is 1. The molecule has 10 atom stereocenters. The number of ether oxygens (including phenoxy) is 3. The first kappa shape index (κ1) is 51.3. The fourth-order valence-corrected chi connectivity index (χ4v) is 6.83. The van der Waals surface area contributed by atoms with Crippen LogP contribution in [-0.4, -0.2) is 136 Å². The SMILES string of the molecule is CCCCCC(=O)N[C@H](CCC(=O)N[C@H]1C(CO)OCC(NC(=O)Nc2cccc(C(F)(F)F)c2)[C@H]1O[C@@H]1OC(CO)[C@H](O)[C@H](O)C1NC(=O)Nc1cccc(C(F)(F)F)c1)C(=O)O. The number of benzene rings is 2. The number of anilines is 2. The first-order chi connectivity index (χ1) is 30.1. The predicted octanol–water partition coefficient (Wildman–Crippen LogP) is 2.03. The van der Waals surface area contributed by atoms with Gasteiger partial charge in [-0.05, 0) is 49.2 Å². The summed E-state index contributed by atoms with van der Waals surface area (Å²) in [6, 6.07) is -1.81. The fraction of sp³-hybridized carbons (Fsp3) is 0.564. The van der Waals surface area contributed by atoms with Crippen molar-refractivity contribution in [2.24, 2.45) is 0 Å². The zero-order valence-electron chi connectivity index (χ0n) is 34.0. The van der Waals surface area contributed by atoms with Crippen LogP contribution < -0.4 is 31.9 Å². The van der Waals surface area contributed by atoms with Gasteiger partial charge in [0.15, 0.2) is 6.29 Å². The minimum atomic E-state index is -4.79. The number of aliphatic carboxylic acids is 1. The maximum atomic E-state index is 13.5. The molecule has 0 bridgehead atoms. The maximum Gasteiger partial charge on any atom is 0.416 e. The lowest BCUT2D eigenvalue weighted by atomic mass is 9.93. The average Bonchev–Trinajstić information content (AvgIpc) is 3.22. The van der Waals surface area contributed by atoms with E-state index in [1.807, 2.05) is 6.92 Å². The quantitative estimate of drug-likeness (QED) is 0.0755. The number of hydrogen-bond donors (Lipinski definition) is 11. The molecule has 0 aliphatic carbocycles. The third kappa shape index (κ3) is 14.6. The molecular weight excluding hydrogens is 874 g/mol. The van der Waals surface area contributed by atoms with Crippen molar-refractivity contribution in [2.75, 3.05) is 30.5 Å². The number of hydrogen-bond acceptors (Lipinski definition) is 12. The Hall–Kier alpha value is -5.31. The normalized spacial score (nSPS) is 25.3. The summed E-state index contributed by atoms with van der Waals surface area (Å²) in [6.45, 7) is -0.469.